The van der Waals surface area contributed by atoms with Crippen molar-refractivity contribution in [1.82, 2.24) is 10.6 Å². The molecule has 1 fully saturated rings. The van der Waals surface area contributed by atoms with E-state index in [2.05, 4.69) is 10.6 Å². The lowest BCUT2D eigenvalue weighted by Crippen LogP contribution is -2.44. The van der Waals surface area contributed by atoms with Gasteiger partial charge in [-0.15, -0.1) is 0 Å². The number of carbonyl (C=O) groups is 2. The molecule has 4 nitrogen and oxygen atoms in total. The van der Waals surface area contributed by atoms with Crippen LogP contribution in [-0.4, -0.2) is 23.8 Å². The van der Waals surface area contributed by atoms with Crippen molar-refractivity contribution in [1.29, 1.82) is 0 Å². The number of carbonyl (C=O) groups excluding carboxylic acids is 2. The summed E-state index contributed by atoms with van der Waals surface area (Å²) in [5, 5.41) is 6.28. The topological polar surface area (TPSA) is 58.2 Å². The predicted octanol–water partition coefficient (Wildman–Crippen LogP) is 2.35. The van der Waals surface area contributed by atoms with Crippen molar-refractivity contribution in [2.45, 2.75) is 51.6 Å². The summed E-state index contributed by atoms with van der Waals surface area (Å²) in [6.07, 6.45) is 4.03. The summed E-state index contributed by atoms with van der Waals surface area (Å²) in [6.45, 7) is 3.57. The van der Waals surface area contributed by atoms with Crippen LogP contribution in [0, 0.1) is 5.92 Å². The maximum Gasteiger partial charge on any atom is 0.267 e. The van der Waals surface area contributed by atoms with E-state index in [4.69, 9.17) is 0 Å². The van der Waals surface area contributed by atoms with Crippen molar-refractivity contribution in [3.8, 4) is 0 Å². The predicted molar refractivity (Wildman–Crippen MR) is 89.7 cm³/mol. The lowest BCUT2D eigenvalue weighted by Gasteiger charge is -2.18. The van der Waals surface area contributed by atoms with Crippen LogP contribution in [0.2, 0.25) is 0 Å². The lowest BCUT2D eigenvalue weighted by molar-refractivity contribution is -0.125. The minimum Gasteiger partial charge on any atom is -0.377 e. The van der Waals surface area contributed by atoms with Crippen LogP contribution in [0.15, 0.2) is 41.6 Å². The number of ketones is 1. The van der Waals surface area contributed by atoms with Crippen LogP contribution in [0.5, 0.6) is 0 Å². The highest BCUT2D eigenvalue weighted by molar-refractivity contribution is 5.97. The van der Waals surface area contributed by atoms with Crippen molar-refractivity contribution < 1.29 is 9.59 Å². The van der Waals surface area contributed by atoms with Crippen LogP contribution < -0.4 is 10.6 Å². The van der Waals surface area contributed by atoms with E-state index in [-0.39, 0.29) is 11.7 Å². The summed E-state index contributed by atoms with van der Waals surface area (Å²) in [7, 11) is 0. The molecule has 0 bridgehead atoms. The van der Waals surface area contributed by atoms with Crippen molar-refractivity contribution in [2.24, 2.45) is 5.92 Å². The van der Waals surface area contributed by atoms with Gasteiger partial charge in [0.15, 0.2) is 5.78 Å². The molecule has 1 aromatic rings. The Hall–Kier alpha value is -2.10. The van der Waals surface area contributed by atoms with Crippen LogP contribution in [0.1, 0.15) is 38.7 Å². The largest absolute Gasteiger partial charge is 0.377 e. The molecule has 2 aliphatic rings. The zero-order valence-corrected chi connectivity index (χ0v) is 13.8. The number of hydrogen-bond acceptors (Lipinski definition) is 3. The Morgan fingerprint density at radius 1 is 1.26 bits per heavy atom. The fourth-order valence-corrected chi connectivity index (χ4v) is 3.76. The summed E-state index contributed by atoms with van der Waals surface area (Å²) < 4.78 is 0. The molecular weight excluding hydrogens is 288 g/mol. The number of rotatable bonds is 5. The van der Waals surface area contributed by atoms with Gasteiger partial charge in [0, 0.05) is 12.0 Å². The molecular formula is C19H24N2O2. The number of amides is 1. The van der Waals surface area contributed by atoms with Gasteiger partial charge in [-0.25, -0.2) is 0 Å². The van der Waals surface area contributed by atoms with E-state index in [0.717, 1.165) is 24.0 Å². The molecule has 1 aliphatic heterocycles. The van der Waals surface area contributed by atoms with Gasteiger partial charge in [-0.3, -0.25) is 9.59 Å². The average Bonchev–Trinajstić information content (AvgIpc) is 3.11. The highest BCUT2D eigenvalue weighted by atomic mass is 16.2. The molecule has 3 atom stereocenters. The van der Waals surface area contributed by atoms with E-state index < -0.39 is 6.04 Å². The second-order valence-corrected chi connectivity index (χ2v) is 6.67. The smallest absolute Gasteiger partial charge is 0.267 e. The monoisotopic (exact) mass is 312 g/mol. The van der Waals surface area contributed by atoms with Crippen molar-refractivity contribution >= 4 is 11.7 Å². The van der Waals surface area contributed by atoms with Gasteiger partial charge in [0.05, 0.1) is 11.7 Å². The van der Waals surface area contributed by atoms with Gasteiger partial charge in [0.2, 0.25) is 0 Å². The quantitative estimate of drug-likeness (QED) is 0.877. The molecule has 1 saturated carbocycles. The first-order valence-corrected chi connectivity index (χ1v) is 8.39. The van der Waals surface area contributed by atoms with Crippen LogP contribution in [0.3, 0.4) is 0 Å². The zero-order chi connectivity index (χ0) is 16.4. The zero-order valence-electron chi connectivity index (χ0n) is 13.8. The van der Waals surface area contributed by atoms with Gasteiger partial charge in [0.25, 0.3) is 5.91 Å². The molecule has 0 radical (unpaired) electrons. The first kappa shape index (κ1) is 15.8. The minimum atomic E-state index is -0.479. The van der Waals surface area contributed by atoms with Crippen molar-refractivity contribution in [2.75, 3.05) is 0 Å². The van der Waals surface area contributed by atoms with Gasteiger partial charge in [-0.1, -0.05) is 36.8 Å². The fraction of sp³-hybridized carbons (Fsp3) is 0.474. The average molecular weight is 312 g/mol. The van der Waals surface area contributed by atoms with Crippen molar-refractivity contribution in [3.63, 3.8) is 0 Å². The molecule has 2 N–H and O–H groups in total. The Morgan fingerprint density at radius 3 is 2.65 bits per heavy atom. The maximum absolute atomic E-state index is 12.6. The summed E-state index contributed by atoms with van der Waals surface area (Å²) in [4.78, 5) is 24.5. The molecule has 1 aromatic carbocycles. The number of benzene rings is 1. The minimum absolute atomic E-state index is 0.0151. The molecule has 1 amide bonds. The van der Waals surface area contributed by atoms with Gasteiger partial charge < -0.3 is 10.6 Å². The highest BCUT2D eigenvalue weighted by Crippen LogP contribution is 2.37. The van der Waals surface area contributed by atoms with E-state index in [9.17, 15) is 9.59 Å². The second-order valence-electron chi connectivity index (χ2n) is 6.67. The van der Waals surface area contributed by atoms with Crippen LogP contribution in [0.4, 0.5) is 0 Å². The summed E-state index contributed by atoms with van der Waals surface area (Å²) in [6, 6.07) is 9.71. The molecule has 0 spiro atoms. The first-order valence-electron chi connectivity index (χ1n) is 8.39. The molecule has 3 rings (SSSR count). The molecule has 23 heavy (non-hydrogen) atoms. The fourth-order valence-electron chi connectivity index (χ4n) is 3.76. The van der Waals surface area contributed by atoms with E-state index in [1.807, 2.05) is 37.3 Å². The summed E-state index contributed by atoms with van der Waals surface area (Å²) in [5.74, 6) is 0.326. The third-order valence-electron chi connectivity index (χ3n) is 5.10. The molecule has 2 unspecified atom stereocenters. The standard InChI is InChI=1S/C19H24N2O2/c1-12-15-9-6-10-16(15)20-18(12)19(23)21-17(13(2)22)11-14-7-4-3-5-8-14/h3-5,7-8,15-17,20H,6,9-11H2,1-2H3,(H,21,23)/t15?,16?,17-/m0/s1. The number of Topliss-reactive ketones (excluding diaryl/α,β-unsaturated/α-hetero) is 1. The lowest BCUT2D eigenvalue weighted by atomic mass is 9.98. The Kier molecular flexibility index (Phi) is 4.51. The third kappa shape index (κ3) is 3.31. The number of fused-ring (bicyclic) bond motifs is 1. The summed E-state index contributed by atoms with van der Waals surface area (Å²) in [5.41, 5.74) is 2.88. The van der Waals surface area contributed by atoms with Gasteiger partial charge in [-0.05, 0) is 44.2 Å². The third-order valence-corrected chi connectivity index (χ3v) is 5.10. The first-order chi connectivity index (χ1) is 11.1. The van der Waals surface area contributed by atoms with E-state index >= 15 is 0 Å². The summed E-state index contributed by atoms with van der Waals surface area (Å²) >= 11 is 0. The highest BCUT2D eigenvalue weighted by Gasteiger charge is 2.38. The molecule has 4 heteroatoms. The number of nitrogens with one attached hydrogen (secondary N) is 2. The Labute approximate surface area is 137 Å². The Bertz CT molecular complexity index is 636. The van der Waals surface area contributed by atoms with Crippen molar-refractivity contribution in [3.05, 3.63) is 47.2 Å². The molecule has 1 aliphatic carbocycles. The van der Waals surface area contributed by atoms with Crippen LogP contribution >= 0.6 is 0 Å². The molecule has 0 saturated heterocycles. The molecule has 122 valence electrons. The van der Waals surface area contributed by atoms with Gasteiger partial charge in [0.1, 0.15) is 0 Å². The van der Waals surface area contributed by atoms with E-state index in [1.165, 1.54) is 13.3 Å². The van der Waals surface area contributed by atoms with E-state index in [1.54, 1.807) is 0 Å². The SMILES string of the molecule is CC(=O)[C@H](Cc1ccccc1)NC(=O)C1=C(C)C2CCCC2N1. The van der Waals surface area contributed by atoms with Gasteiger partial charge >= 0.3 is 0 Å². The van der Waals surface area contributed by atoms with Crippen LogP contribution in [-0.2, 0) is 16.0 Å². The van der Waals surface area contributed by atoms with Crippen LogP contribution in [0.25, 0.3) is 0 Å². The normalized spacial score (nSPS) is 24.1. The Morgan fingerprint density at radius 2 is 2.00 bits per heavy atom. The second kappa shape index (κ2) is 6.57. The van der Waals surface area contributed by atoms with Gasteiger partial charge in [-0.2, -0.15) is 0 Å². The molecule has 0 aromatic heterocycles. The number of hydrogen-bond donors (Lipinski definition) is 2. The van der Waals surface area contributed by atoms with E-state index in [0.29, 0.717) is 24.1 Å². The molecule has 1 heterocycles. The maximum atomic E-state index is 12.6. The Balaban J connectivity index is 1.69.